The molecule has 1 saturated heterocycles. The van der Waals surface area contributed by atoms with Crippen molar-refractivity contribution in [3.05, 3.63) is 56.6 Å². The fraction of sp³-hybridized carbons (Fsp3) is 0. The van der Waals surface area contributed by atoms with Crippen LogP contribution in [0.3, 0.4) is 0 Å². The van der Waals surface area contributed by atoms with Crippen LogP contribution in [0, 0.1) is 10.1 Å². The summed E-state index contributed by atoms with van der Waals surface area (Å²) in [5, 5.41) is 10.6. The predicted octanol–water partition coefficient (Wildman–Crippen LogP) is 0.650. The molecule has 1 fully saturated rings. The van der Waals surface area contributed by atoms with Gasteiger partial charge in [-0.2, -0.15) is 0 Å². The Morgan fingerprint density at radius 3 is 2.24 bits per heavy atom. The first-order valence-corrected chi connectivity index (χ1v) is 7.76. The van der Waals surface area contributed by atoms with Crippen molar-refractivity contribution in [2.24, 2.45) is 11.5 Å². The number of non-ortho nitro benzene ring substituents is 1. The molecule has 0 atom stereocenters. The molecule has 1 aliphatic heterocycles. The number of nitrogens with zero attached hydrogens (tertiary/aromatic N) is 2. The molecule has 3 amide bonds. The Kier molecular flexibility index (Phi) is 5.29. The van der Waals surface area contributed by atoms with Crippen LogP contribution in [-0.2, 0) is 14.4 Å². The van der Waals surface area contributed by atoms with Gasteiger partial charge >= 0.3 is 0 Å². The SMILES string of the molecule is NC(=O)C(=CN1C(=O)/C(=C\c2ccc([N+](=O)[O-])cc2)SC1=S)C(N)=O. The largest absolute Gasteiger partial charge is 0.365 e. The van der Waals surface area contributed by atoms with E-state index in [1.807, 2.05) is 0 Å². The van der Waals surface area contributed by atoms with Crippen molar-refractivity contribution >= 4 is 57.8 Å². The summed E-state index contributed by atoms with van der Waals surface area (Å²) in [7, 11) is 0. The smallest absolute Gasteiger partial charge is 0.270 e. The van der Waals surface area contributed by atoms with Crippen molar-refractivity contribution < 1.29 is 19.3 Å². The van der Waals surface area contributed by atoms with Crippen LogP contribution in [-0.4, -0.2) is 31.9 Å². The zero-order valence-electron chi connectivity index (χ0n) is 12.4. The van der Waals surface area contributed by atoms with Crippen molar-refractivity contribution in [3.63, 3.8) is 0 Å². The number of carbonyl (C=O) groups excluding carboxylic acids is 3. The Balaban J connectivity index is 2.31. The molecule has 128 valence electrons. The number of carbonyl (C=O) groups is 3. The van der Waals surface area contributed by atoms with Gasteiger partial charge in [-0.15, -0.1) is 0 Å². The van der Waals surface area contributed by atoms with Gasteiger partial charge in [0.1, 0.15) is 5.57 Å². The lowest BCUT2D eigenvalue weighted by Gasteiger charge is -2.09. The van der Waals surface area contributed by atoms with Crippen molar-refractivity contribution in [2.75, 3.05) is 0 Å². The zero-order chi connectivity index (χ0) is 18.7. The third-order valence-electron chi connectivity index (χ3n) is 3.01. The molecule has 1 aromatic rings. The Morgan fingerprint density at radius 1 is 1.20 bits per heavy atom. The third-order valence-corrected chi connectivity index (χ3v) is 4.34. The second-order valence-corrected chi connectivity index (χ2v) is 6.35. The molecule has 0 saturated carbocycles. The molecule has 11 heteroatoms. The number of amides is 3. The Bertz CT molecular complexity index is 844. The van der Waals surface area contributed by atoms with E-state index in [9.17, 15) is 24.5 Å². The number of nitro benzene ring substituents is 1. The standard InChI is InChI=1S/C14H10N4O5S2/c15-11(19)9(12(16)20)6-17-13(21)10(25-14(17)24)5-7-1-3-8(4-2-7)18(22)23/h1-6H,(H2,15,19)(H2,16,20)/b10-5+. The molecule has 0 aromatic heterocycles. The fourth-order valence-corrected chi connectivity index (χ4v) is 3.02. The summed E-state index contributed by atoms with van der Waals surface area (Å²) in [5.74, 6) is -2.74. The molecule has 1 aromatic carbocycles. The van der Waals surface area contributed by atoms with Crippen LogP contribution < -0.4 is 11.5 Å². The van der Waals surface area contributed by atoms with Gasteiger partial charge in [0, 0.05) is 18.3 Å². The second kappa shape index (κ2) is 7.23. The summed E-state index contributed by atoms with van der Waals surface area (Å²) in [6.45, 7) is 0. The van der Waals surface area contributed by atoms with Gasteiger partial charge in [0.25, 0.3) is 23.4 Å². The van der Waals surface area contributed by atoms with Gasteiger partial charge in [0.05, 0.1) is 9.83 Å². The lowest BCUT2D eigenvalue weighted by atomic mass is 10.2. The molecule has 0 radical (unpaired) electrons. The van der Waals surface area contributed by atoms with Crippen molar-refractivity contribution in [2.45, 2.75) is 0 Å². The Hall–Kier alpha value is -3.05. The van der Waals surface area contributed by atoms with Crippen LogP contribution in [0.25, 0.3) is 6.08 Å². The number of hydrogen-bond acceptors (Lipinski definition) is 7. The summed E-state index contributed by atoms with van der Waals surface area (Å²) < 4.78 is 0.0816. The highest BCUT2D eigenvalue weighted by Gasteiger charge is 2.32. The maximum Gasteiger partial charge on any atom is 0.270 e. The van der Waals surface area contributed by atoms with E-state index >= 15 is 0 Å². The van der Waals surface area contributed by atoms with Gasteiger partial charge in [-0.3, -0.25) is 29.4 Å². The topological polar surface area (TPSA) is 150 Å². The van der Waals surface area contributed by atoms with E-state index in [0.29, 0.717) is 5.56 Å². The fourth-order valence-electron chi connectivity index (χ4n) is 1.81. The summed E-state index contributed by atoms with van der Waals surface area (Å²) in [6.07, 6.45) is 2.38. The van der Waals surface area contributed by atoms with E-state index in [-0.39, 0.29) is 14.9 Å². The van der Waals surface area contributed by atoms with Crippen LogP contribution in [0.5, 0.6) is 0 Å². The Morgan fingerprint density at radius 2 is 1.76 bits per heavy atom. The lowest BCUT2D eigenvalue weighted by molar-refractivity contribution is -0.384. The number of benzene rings is 1. The van der Waals surface area contributed by atoms with E-state index in [1.54, 1.807) is 0 Å². The first-order chi connectivity index (χ1) is 11.7. The Labute approximate surface area is 150 Å². The average molecular weight is 378 g/mol. The van der Waals surface area contributed by atoms with E-state index in [1.165, 1.54) is 30.3 Å². The molecule has 9 nitrogen and oxygen atoms in total. The van der Waals surface area contributed by atoms with Gasteiger partial charge in [-0.1, -0.05) is 24.0 Å². The summed E-state index contributed by atoms with van der Waals surface area (Å²) in [4.78, 5) is 46.0. The first-order valence-electron chi connectivity index (χ1n) is 6.53. The zero-order valence-corrected chi connectivity index (χ0v) is 14.0. The minimum atomic E-state index is -1.08. The van der Waals surface area contributed by atoms with Crippen molar-refractivity contribution in [1.29, 1.82) is 0 Å². The van der Waals surface area contributed by atoms with Crippen molar-refractivity contribution in [3.8, 4) is 0 Å². The number of rotatable bonds is 5. The summed E-state index contributed by atoms with van der Waals surface area (Å²) in [6, 6.07) is 5.53. The monoisotopic (exact) mass is 378 g/mol. The van der Waals surface area contributed by atoms with E-state index in [2.05, 4.69) is 0 Å². The number of nitrogens with two attached hydrogens (primary N) is 2. The average Bonchev–Trinajstić information content (AvgIpc) is 2.79. The minimum absolute atomic E-state index is 0.0816. The molecule has 1 aliphatic rings. The molecule has 2 rings (SSSR count). The minimum Gasteiger partial charge on any atom is -0.365 e. The van der Waals surface area contributed by atoms with Gasteiger partial charge in [-0.25, -0.2) is 0 Å². The summed E-state index contributed by atoms with van der Waals surface area (Å²) >= 11 is 5.99. The van der Waals surface area contributed by atoms with Crippen LogP contribution in [0.1, 0.15) is 5.56 Å². The molecule has 0 spiro atoms. The van der Waals surface area contributed by atoms with Crippen LogP contribution in [0.4, 0.5) is 5.69 Å². The quantitative estimate of drug-likeness (QED) is 0.191. The van der Waals surface area contributed by atoms with E-state index in [0.717, 1.165) is 22.9 Å². The first kappa shape index (κ1) is 18.3. The highest BCUT2D eigenvalue weighted by atomic mass is 32.2. The highest BCUT2D eigenvalue weighted by molar-refractivity contribution is 8.26. The normalized spacial score (nSPS) is 15.4. The molecule has 25 heavy (non-hydrogen) atoms. The van der Waals surface area contributed by atoms with Crippen LogP contribution >= 0.6 is 24.0 Å². The number of hydrogen-bond donors (Lipinski definition) is 2. The highest BCUT2D eigenvalue weighted by Crippen LogP contribution is 2.33. The summed E-state index contributed by atoms with van der Waals surface area (Å²) in [5.41, 5.74) is 9.97. The van der Waals surface area contributed by atoms with Gasteiger partial charge in [-0.05, 0) is 23.8 Å². The van der Waals surface area contributed by atoms with Gasteiger partial charge < -0.3 is 11.5 Å². The van der Waals surface area contributed by atoms with E-state index in [4.69, 9.17) is 23.7 Å². The van der Waals surface area contributed by atoms with E-state index < -0.39 is 28.2 Å². The molecule has 1 heterocycles. The van der Waals surface area contributed by atoms with Gasteiger partial charge in [0.2, 0.25) is 0 Å². The molecule has 0 bridgehead atoms. The van der Waals surface area contributed by atoms with Crippen LogP contribution in [0.2, 0.25) is 0 Å². The lowest BCUT2D eigenvalue weighted by Crippen LogP contribution is -2.31. The van der Waals surface area contributed by atoms with Crippen LogP contribution in [0.15, 0.2) is 40.9 Å². The van der Waals surface area contributed by atoms with Gasteiger partial charge in [0.15, 0.2) is 4.32 Å². The molecule has 0 aliphatic carbocycles. The number of primary amides is 2. The molecule has 0 unspecified atom stereocenters. The molecular weight excluding hydrogens is 368 g/mol. The molecular formula is C14H10N4O5S2. The maximum atomic E-state index is 12.4. The molecule has 4 N–H and O–H groups in total. The number of thiocarbonyl (C=S) groups is 1. The number of thioether (sulfide) groups is 1. The maximum absolute atomic E-state index is 12.4. The third kappa shape index (κ3) is 4.08. The second-order valence-electron chi connectivity index (χ2n) is 4.67. The number of nitro groups is 1. The predicted molar refractivity (Wildman–Crippen MR) is 94.6 cm³/mol. The van der Waals surface area contributed by atoms with Crippen molar-refractivity contribution in [1.82, 2.24) is 4.90 Å².